The molecule has 1 fully saturated rings. The van der Waals surface area contributed by atoms with E-state index in [0.29, 0.717) is 24.5 Å². The lowest BCUT2D eigenvalue weighted by molar-refractivity contribution is -0.123. The highest BCUT2D eigenvalue weighted by Crippen LogP contribution is 2.26. The minimum Gasteiger partial charge on any atom is -0.360 e. The van der Waals surface area contributed by atoms with Gasteiger partial charge in [0.2, 0.25) is 11.8 Å². The predicted molar refractivity (Wildman–Crippen MR) is 102 cm³/mol. The van der Waals surface area contributed by atoms with Crippen molar-refractivity contribution in [1.82, 2.24) is 15.0 Å². The van der Waals surface area contributed by atoms with Gasteiger partial charge in [-0.2, -0.15) is 0 Å². The number of anilines is 1. The monoisotopic (exact) mass is 366 g/mol. The average Bonchev–Trinajstić information content (AvgIpc) is 3.19. The summed E-state index contributed by atoms with van der Waals surface area (Å²) in [6.07, 6.45) is 1.73. The van der Waals surface area contributed by atoms with Crippen molar-refractivity contribution in [2.45, 2.75) is 26.2 Å². The van der Waals surface area contributed by atoms with Crippen LogP contribution in [0.15, 0.2) is 41.1 Å². The molecular formula is C20H22N4O3. The van der Waals surface area contributed by atoms with E-state index < -0.39 is 0 Å². The lowest BCUT2D eigenvalue weighted by atomic mass is 9.92. The highest BCUT2D eigenvalue weighted by atomic mass is 16.5. The number of aromatic nitrogens is 2. The van der Waals surface area contributed by atoms with Gasteiger partial charge in [0.1, 0.15) is 0 Å². The molecule has 0 aliphatic carbocycles. The van der Waals surface area contributed by atoms with E-state index in [1.165, 1.54) is 0 Å². The van der Waals surface area contributed by atoms with Gasteiger partial charge in [-0.05, 0) is 6.07 Å². The summed E-state index contributed by atoms with van der Waals surface area (Å²) in [5.74, 6) is -0.130. The summed E-state index contributed by atoms with van der Waals surface area (Å²) in [6, 6.07) is 9.42. The molecule has 0 atom stereocenters. The van der Waals surface area contributed by atoms with Crippen LogP contribution in [0.25, 0.3) is 10.9 Å². The second kappa shape index (κ2) is 6.26. The average molecular weight is 366 g/mol. The maximum absolute atomic E-state index is 12.7. The number of nitrogens with one attached hydrogen (secondary N) is 2. The molecule has 27 heavy (non-hydrogen) atoms. The van der Waals surface area contributed by atoms with E-state index in [4.69, 9.17) is 4.52 Å². The third kappa shape index (κ3) is 3.20. The van der Waals surface area contributed by atoms with Crippen molar-refractivity contribution in [3.63, 3.8) is 0 Å². The summed E-state index contributed by atoms with van der Waals surface area (Å²) in [4.78, 5) is 29.9. The van der Waals surface area contributed by atoms with Crippen LogP contribution >= 0.6 is 0 Å². The molecule has 1 aliphatic heterocycles. The molecular weight excluding hydrogens is 344 g/mol. The Bertz CT molecular complexity index is 1010. The Morgan fingerprint density at radius 3 is 2.70 bits per heavy atom. The number of H-pyrrole nitrogens is 1. The molecule has 1 aromatic carbocycles. The summed E-state index contributed by atoms with van der Waals surface area (Å²) in [5.41, 5.74) is 2.19. The van der Waals surface area contributed by atoms with Gasteiger partial charge in [-0.1, -0.05) is 44.1 Å². The molecule has 140 valence electrons. The number of benzene rings is 1. The zero-order valence-electron chi connectivity index (χ0n) is 15.6. The summed E-state index contributed by atoms with van der Waals surface area (Å²) >= 11 is 0. The molecule has 0 saturated carbocycles. The van der Waals surface area contributed by atoms with Crippen LogP contribution in [0.5, 0.6) is 0 Å². The van der Waals surface area contributed by atoms with Gasteiger partial charge in [-0.3, -0.25) is 14.9 Å². The lowest BCUT2D eigenvalue weighted by Gasteiger charge is -2.37. The molecule has 0 spiro atoms. The van der Waals surface area contributed by atoms with Crippen molar-refractivity contribution in [3.8, 4) is 0 Å². The number of carbonyl (C=O) groups is 2. The van der Waals surface area contributed by atoms with E-state index in [0.717, 1.165) is 16.6 Å². The standard InChI is InChI=1S/C20H22N4O3/c1-20(2,3)16-8-17(27-23-16)22-18(25)12-10-24(11-12)19(26)14-9-21-15-7-5-4-6-13(14)15/h4-9,12,21H,10-11H2,1-3H3,(H,22,25). The van der Waals surface area contributed by atoms with Crippen LogP contribution in [0.3, 0.4) is 0 Å². The summed E-state index contributed by atoms with van der Waals surface area (Å²) in [7, 11) is 0. The Hall–Kier alpha value is -3.09. The third-order valence-corrected chi connectivity index (χ3v) is 4.88. The van der Waals surface area contributed by atoms with E-state index in [9.17, 15) is 9.59 Å². The SMILES string of the molecule is CC(C)(C)c1cc(NC(=O)C2CN(C(=O)c3c[nH]c4ccccc34)C2)on1. The fraction of sp³-hybridized carbons (Fsp3) is 0.350. The second-order valence-corrected chi connectivity index (χ2v) is 7.97. The van der Waals surface area contributed by atoms with Crippen LogP contribution in [0.2, 0.25) is 0 Å². The first-order valence-electron chi connectivity index (χ1n) is 8.96. The van der Waals surface area contributed by atoms with Crippen LogP contribution in [0, 0.1) is 5.92 Å². The first-order chi connectivity index (χ1) is 12.8. The molecule has 4 rings (SSSR count). The molecule has 7 nitrogen and oxygen atoms in total. The van der Waals surface area contributed by atoms with E-state index in [1.807, 2.05) is 45.0 Å². The highest BCUT2D eigenvalue weighted by Gasteiger charge is 2.37. The second-order valence-electron chi connectivity index (χ2n) is 7.97. The molecule has 2 amide bonds. The van der Waals surface area contributed by atoms with Gasteiger partial charge in [0.05, 0.1) is 17.2 Å². The van der Waals surface area contributed by atoms with Crippen LogP contribution in [-0.2, 0) is 10.2 Å². The van der Waals surface area contributed by atoms with Crippen LogP contribution < -0.4 is 5.32 Å². The van der Waals surface area contributed by atoms with E-state index >= 15 is 0 Å². The Kier molecular flexibility index (Phi) is 4.02. The number of amides is 2. The highest BCUT2D eigenvalue weighted by molar-refractivity contribution is 6.07. The number of likely N-dealkylation sites (tertiary alicyclic amines) is 1. The molecule has 7 heteroatoms. The quantitative estimate of drug-likeness (QED) is 0.745. The van der Waals surface area contributed by atoms with Crippen molar-refractivity contribution in [2.24, 2.45) is 5.92 Å². The molecule has 3 heterocycles. The van der Waals surface area contributed by atoms with E-state index in [1.54, 1.807) is 17.2 Å². The predicted octanol–water partition coefficient (Wildman–Crippen LogP) is 3.16. The number of nitrogens with zero attached hydrogens (tertiary/aromatic N) is 2. The number of hydrogen-bond donors (Lipinski definition) is 2. The van der Waals surface area contributed by atoms with Crippen molar-refractivity contribution in [1.29, 1.82) is 0 Å². The fourth-order valence-corrected chi connectivity index (χ4v) is 3.14. The Labute approximate surface area is 156 Å². The fourth-order valence-electron chi connectivity index (χ4n) is 3.14. The topological polar surface area (TPSA) is 91.2 Å². The molecule has 1 aliphatic rings. The molecule has 1 saturated heterocycles. The van der Waals surface area contributed by atoms with Gasteiger partial charge < -0.3 is 14.4 Å². The maximum Gasteiger partial charge on any atom is 0.256 e. The van der Waals surface area contributed by atoms with Gasteiger partial charge in [-0.15, -0.1) is 0 Å². The van der Waals surface area contributed by atoms with Crippen molar-refractivity contribution >= 4 is 28.6 Å². The van der Waals surface area contributed by atoms with Gasteiger partial charge in [0.15, 0.2) is 0 Å². The summed E-state index contributed by atoms with van der Waals surface area (Å²) in [6.45, 7) is 6.86. The Morgan fingerprint density at radius 1 is 1.26 bits per heavy atom. The number of aromatic amines is 1. The lowest BCUT2D eigenvalue weighted by Crippen LogP contribution is -2.54. The van der Waals surface area contributed by atoms with Gasteiger partial charge in [-0.25, -0.2) is 0 Å². The molecule has 0 radical (unpaired) electrons. The zero-order chi connectivity index (χ0) is 19.2. The summed E-state index contributed by atoms with van der Waals surface area (Å²) < 4.78 is 5.20. The molecule has 0 bridgehead atoms. The first kappa shape index (κ1) is 17.3. The Morgan fingerprint density at radius 2 is 2.00 bits per heavy atom. The van der Waals surface area contributed by atoms with Crippen molar-refractivity contribution in [2.75, 3.05) is 18.4 Å². The maximum atomic E-state index is 12.7. The minimum absolute atomic E-state index is 0.0637. The molecule has 3 aromatic rings. The number of fused-ring (bicyclic) bond motifs is 1. The Balaban J connectivity index is 1.37. The number of rotatable bonds is 3. The molecule has 0 unspecified atom stereocenters. The van der Waals surface area contributed by atoms with Gasteiger partial charge in [0, 0.05) is 41.7 Å². The van der Waals surface area contributed by atoms with Crippen molar-refractivity contribution < 1.29 is 14.1 Å². The normalized spacial score (nSPS) is 15.0. The molecule has 2 aromatic heterocycles. The van der Waals surface area contributed by atoms with E-state index in [-0.39, 0.29) is 23.1 Å². The first-order valence-corrected chi connectivity index (χ1v) is 8.96. The number of carbonyl (C=O) groups excluding carboxylic acids is 2. The van der Waals surface area contributed by atoms with Crippen LogP contribution in [0.4, 0.5) is 5.88 Å². The smallest absolute Gasteiger partial charge is 0.256 e. The minimum atomic E-state index is -0.248. The largest absolute Gasteiger partial charge is 0.360 e. The van der Waals surface area contributed by atoms with Crippen molar-refractivity contribution in [3.05, 3.63) is 47.8 Å². The number of para-hydroxylation sites is 1. The summed E-state index contributed by atoms with van der Waals surface area (Å²) in [5, 5.41) is 7.63. The third-order valence-electron chi connectivity index (χ3n) is 4.88. The van der Waals surface area contributed by atoms with Gasteiger partial charge in [0.25, 0.3) is 5.91 Å². The van der Waals surface area contributed by atoms with Crippen LogP contribution in [0.1, 0.15) is 36.8 Å². The van der Waals surface area contributed by atoms with Gasteiger partial charge >= 0.3 is 0 Å². The van der Waals surface area contributed by atoms with E-state index in [2.05, 4.69) is 15.5 Å². The molecule has 2 N–H and O–H groups in total. The number of hydrogen-bond acceptors (Lipinski definition) is 4. The zero-order valence-corrected chi connectivity index (χ0v) is 15.6. The van der Waals surface area contributed by atoms with Crippen LogP contribution in [-0.4, -0.2) is 39.9 Å².